The number of benzene rings is 2. The Morgan fingerprint density at radius 2 is 1.64 bits per heavy atom. The van der Waals surface area contributed by atoms with E-state index in [0.29, 0.717) is 18.7 Å². The Hall–Kier alpha value is -2.18. The van der Waals surface area contributed by atoms with Gasteiger partial charge in [-0.3, -0.25) is 4.79 Å². The molecule has 1 N–H and O–H groups in total. The Kier molecular flexibility index (Phi) is 6.33. The number of rotatable bonds is 7. The fourth-order valence-corrected chi connectivity index (χ4v) is 3.53. The lowest BCUT2D eigenvalue weighted by molar-refractivity contribution is 0.0690. The molecule has 0 aromatic heterocycles. The van der Waals surface area contributed by atoms with Crippen LogP contribution in [0.3, 0.4) is 0 Å². The molecule has 2 aromatic carbocycles. The van der Waals surface area contributed by atoms with Crippen LogP contribution >= 0.6 is 0 Å². The molecule has 5 nitrogen and oxygen atoms in total. The number of nitrogens with zero attached hydrogens (tertiary/aromatic N) is 1. The summed E-state index contributed by atoms with van der Waals surface area (Å²) in [6.45, 7) is 6.48. The molecule has 2 aromatic rings. The predicted octanol–water partition coefficient (Wildman–Crippen LogP) is 3.04. The SMILES string of the molecule is CCNS(=O)(=O)c1ccc(C(=O)N(Cc2ccccc2)C(C)C)cc1. The molecule has 0 saturated heterocycles. The van der Waals surface area contributed by atoms with Crippen LogP contribution in [0.4, 0.5) is 0 Å². The highest BCUT2D eigenvalue weighted by Gasteiger charge is 2.20. The van der Waals surface area contributed by atoms with E-state index in [9.17, 15) is 13.2 Å². The van der Waals surface area contributed by atoms with Gasteiger partial charge in [0.25, 0.3) is 5.91 Å². The third-order valence-corrected chi connectivity index (χ3v) is 5.39. The Labute approximate surface area is 149 Å². The molecule has 0 aliphatic carbocycles. The fraction of sp³-hybridized carbons (Fsp3) is 0.316. The normalized spacial score (nSPS) is 11.5. The largest absolute Gasteiger partial charge is 0.332 e. The van der Waals surface area contributed by atoms with Gasteiger partial charge in [-0.2, -0.15) is 0 Å². The minimum absolute atomic E-state index is 0.0258. The second kappa shape index (κ2) is 8.27. The number of carbonyl (C=O) groups is 1. The van der Waals surface area contributed by atoms with Gasteiger partial charge in [-0.15, -0.1) is 0 Å². The summed E-state index contributed by atoms with van der Waals surface area (Å²) in [6.07, 6.45) is 0. The number of hydrogen-bond acceptors (Lipinski definition) is 3. The number of hydrogen-bond donors (Lipinski definition) is 1. The summed E-state index contributed by atoms with van der Waals surface area (Å²) in [4.78, 5) is 14.8. The van der Waals surface area contributed by atoms with Crippen LogP contribution in [0.2, 0.25) is 0 Å². The standard InChI is InChI=1S/C19H24N2O3S/c1-4-20-25(23,24)18-12-10-17(11-13-18)19(22)21(15(2)3)14-16-8-6-5-7-9-16/h5-13,15,20H,4,14H2,1-3H3. The Balaban J connectivity index is 2.22. The number of sulfonamides is 1. The van der Waals surface area contributed by atoms with Crippen LogP contribution in [0.1, 0.15) is 36.7 Å². The van der Waals surface area contributed by atoms with Crippen LogP contribution in [0, 0.1) is 0 Å². The van der Waals surface area contributed by atoms with E-state index in [2.05, 4.69) is 4.72 Å². The van der Waals surface area contributed by atoms with Crippen LogP contribution in [-0.4, -0.2) is 31.8 Å². The van der Waals surface area contributed by atoms with E-state index >= 15 is 0 Å². The van der Waals surface area contributed by atoms with Gasteiger partial charge in [0.05, 0.1) is 4.90 Å². The van der Waals surface area contributed by atoms with E-state index < -0.39 is 10.0 Å². The van der Waals surface area contributed by atoms with E-state index in [0.717, 1.165) is 5.56 Å². The molecule has 0 spiro atoms. The van der Waals surface area contributed by atoms with E-state index in [4.69, 9.17) is 0 Å². The van der Waals surface area contributed by atoms with Crippen molar-refractivity contribution in [2.24, 2.45) is 0 Å². The lowest BCUT2D eigenvalue weighted by Gasteiger charge is -2.27. The van der Waals surface area contributed by atoms with Crippen molar-refractivity contribution >= 4 is 15.9 Å². The molecule has 2 rings (SSSR count). The maximum Gasteiger partial charge on any atom is 0.254 e. The lowest BCUT2D eigenvalue weighted by atomic mass is 10.1. The van der Waals surface area contributed by atoms with Crippen LogP contribution in [-0.2, 0) is 16.6 Å². The zero-order chi connectivity index (χ0) is 18.4. The summed E-state index contributed by atoms with van der Waals surface area (Å²) in [5, 5.41) is 0. The highest BCUT2D eigenvalue weighted by atomic mass is 32.2. The molecule has 1 amide bonds. The van der Waals surface area contributed by atoms with Crippen LogP contribution < -0.4 is 4.72 Å². The Bertz CT molecular complexity index is 800. The zero-order valence-electron chi connectivity index (χ0n) is 14.8. The molecule has 0 aliphatic rings. The highest BCUT2D eigenvalue weighted by Crippen LogP contribution is 2.16. The number of carbonyl (C=O) groups excluding carboxylic acids is 1. The summed E-state index contributed by atoms with van der Waals surface area (Å²) in [5.74, 6) is -0.119. The minimum Gasteiger partial charge on any atom is -0.332 e. The first-order valence-corrected chi connectivity index (χ1v) is 9.78. The van der Waals surface area contributed by atoms with Gasteiger partial charge in [-0.25, -0.2) is 13.1 Å². The van der Waals surface area contributed by atoms with Crippen molar-refractivity contribution in [3.05, 3.63) is 65.7 Å². The van der Waals surface area contributed by atoms with Crippen LogP contribution in [0.15, 0.2) is 59.5 Å². The molecule has 0 unspecified atom stereocenters. The van der Waals surface area contributed by atoms with Gasteiger partial charge in [0.1, 0.15) is 0 Å². The van der Waals surface area contributed by atoms with Gasteiger partial charge < -0.3 is 4.90 Å². The van der Waals surface area contributed by atoms with E-state index in [1.54, 1.807) is 24.0 Å². The van der Waals surface area contributed by atoms with Crippen LogP contribution in [0.5, 0.6) is 0 Å². The van der Waals surface area contributed by atoms with Gasteiger partial charge in [0.2, 0.25) is 10.0 Å². The smallest absolute Gasteiger partial charge is 0.254 e. The van der Waals surface area contributed by atoms with Gasteiger partial charge in [0, 0.05) is 24.7 Å². The molecule has 0 bridgehead atoms. The highest BCUT2D eigenvalue weighted by molar-refractivity contribution is 7.89. The Morgan fingerprint density at radius 1 is 1.04 bits per heavy atom. The maximum absolute atomic E-state index is 12.8. The van der Waals surface area contributed by atoms with Crippen molar-refractivity contribution in [3.8, 4) is 0 Å². The topological polar surface area (TPSA) is 66.5 Å². The zero-order valence-corrected chi connectivity index (χ0v) is 15.6. The fourth-order valence-electron chi connectivity index (χ4n) is 2.48. The molecule has 0 fully saturated rings. The van der Waals surface area contributed by atoms with Crippen molar-refractivity contribution in [2.75, 3.05) is 6.54 Å². The maximum atomic E-state index is 12.8. The molecular formula is C19H24N2O3S. The lowest BCUT2D eigenvalue weighted by Crippen LogP contribution is -2.36. The van der Waals surface area contributed by atoms with Gasteiger partial charge >= 0.3 is 0 Å². The molecular weight excluding hydrogens is 336 g/mol. The average molecular weight is 360 g/mol. The molecule has 0 aliphatic heterocycles. The summed E-state index contributed by atoms with van der Waals surface area (Å²) in [6, 6.07) is 15.9. The number of amides is 1. The molecule has 0 atom stereocenters. The Morgan fingerprint density at radius 3 is 2.16 bits per heavy atom. The average Bonchev–Trinajstić information content (AvgIpc) is 2.60. The first-order valence-electron chi connectivity index (χ1n) is 8.29. The third-order valence-electron chi connectivity index (χ3n) is 3.83. The van der Waals surface area contributed by atoms with Crippen molar-refractivity contribution in [1.82, 2.24) is 9.62 Å². The first kappa shape index (κ1) is 19.1. The van der Waals surface area contributed by atoms with Gasteiger partial charge in [0.15, 0.2) is 0 Å². The summed E-state index contributed by atoms with van der Waals surface area (Å²) in [7, 11) is -3.51. The predicted molar refractivity (Wildman–Crippen MR) is 98.8 cm³/mol. The van der Waals surface area contributed by atoms with Gasteiger partial charge in [-0.05, 0) is 43.7 Å². The van der Waals surface area contributed by atoms with Gasteiger partial charge in [-0.1, -0.05) is 37.3 Å². The molecule has 0 radical (unpaired) electrons. The van der Waals surface area contributed by atoms with E-state index in [-0.39, 0.29) is 16.8 Å². The second-order valence-corrected chi connectivity index (χ2v) is 7.81. The molecule has 6 heteroatoms. The van der Waals surface area contributed by atoms with E-state index in [1.165, 1.54) is 12.1 Å². The summed E-state index contributed by atoms with van der Waals surface area (Å²) < 4.78 is 26.4. The molecule has 0 heterocycles. The van der Waals surface area contributed by atoms with Crippen LogP contribution in [0.25, 0.3) is 0 Å². The molecule has 0 saturated carbocycles. The van der Waals surface area contributed by atoms with Crippen molar-refractivity contribution in [2.45, 2.75) is 38.3 Å². The minimum atomic E-state index is -3.51. The number of nitrogens with one attached hydrogen (secondary N) is 1. The second-order valence-electron chi connectivity index (χ2n) is 6.04. The molecule has 134 valence electrons. The first-order chi connectivity index (χ1) is 11.8. The van der Waals surface area contributed by atoms with Crippen molar-refractivity contribution in [3.63, 3.8) is 0 Å². The quantitative estimate of drug-likeness (QED) is 0.825. The van der Waals surface area contributed by atoms with E-state index in [1.807, 2.05) is 44.2 Å². The summed E-state index contributed by atoms with van der Waals surface area (Å²) >= 11 is 0. The van der Waals surface area contributed by atoms with Crippen molar-refractivity contribution in [1.29, 1.82) is 0 Å². The summed E-state index contributed by atoms with van der Waals surface area (Å²) in [5.41, 5.74) is 1.52. The monoisotopic (exact) mass is 360 g/mol. The molecule has 25 heavy (non-hydrogen) atoms. The third kappa shape index (κ3) is 4.90. The van der Waals surface area contributed by atoms with Crippen molar-refractivity contribution < 1.29 is 13.2 Å².